The number of halogens is 3. The Morgan fingerprint density at radius 1 is 0.921 bits per heavy atom. The average Bonchev–Trinajstić information content (AvgIpc) is 3.53. The number of aromatic amines is 1. The normalized spacial score (nSPS) is 20.6. The average molecular weight is 519 g/mol. The molecule has 3 aliphatic heterocycles. The van der Waals surface area contributed by atoms with Crippen LogP contribution in [0.25, 0.3) is 10.9 Å². The summed E-state index contributed by atoms with van der Waals surface area (Å²) in [4.78, 5) is 33.9. The molecule has 0 bridgehead atoms. The quantitative estimate of drug-likeness (QED) is 0.413. The number of rotatable bonds is 2. The van der Waals surface area contributed by atoms with Gasteiger partial charge in [-0.25, -0.2) is 0 Å². The number of nitrogens with zero attached hydrogens (tertiary/aromatic N) is 2. The zero-order valence-electron chi connectivity index (χ0n) is 19.8. The van der Waals surface area contributed by atoms with E-state index in [0.29, 0.717) is 11.5 Å². The molecule has 0 aliphatic carbocycles. The summed E-state index contributed by atoms with van der Waals surface area (Å²) in [5.74, 6) is 0.518. The molecule has 3 aliphatic rings. The highest BCUT2D eigenvalue weighted by molar-refractivity contribution is 6.07. The first-order chi connectivity index (χ1) is 18.3. The molecule has 0 spiro atoms. The number of aromatic nitrogens is 1. The summed E-state index contributed by atoms with van der Waals surface area (Å²) in [7, 11) is 0. The number of amides is 2. The maximum Gasteiger partial charge on any atom is 0.416 e. The van der Waals surface area contributed by atoms with Gasteiger partial charge in [0.2, 0.25) is 12.7 Å². The predicted octanol–water partition coefficient (Wildman–Crippen LogP) is 4.80. The number of para-hydroxylation sites is 1. The Morgan fingerprint density at radius 2 is 1.68 bits per heavy atom. The van der Waals surface area contributed by atoms with Crippen LogP contribution in [0.1, 0.15) is 28.4 Å². The maximum atomic E-state index is 13.9. The van der Waals surface area contributed by atoms with E-state index in [1.165, 1.54) is 17.0 Å². The molecule has 1 saturated heterocycles. The minimum Gasteiger partial charge on any atom is -0.454 e. The third kappa shape index (κ3) is 3.36. The second kappa shape index (κ2) is 8.01. The van der Waals surface area contributed by atoms with Crippen molar-refractivity contribution in [2.75, 3.05) is 18.2 Å². The first-order valence-electron chi connectivity index (χ1n) is 12.1. The third-order valence-electron chi connectivity index (χ3n) is 7.48. The number of H-pyrrole nitrogens is 1. The fourth-order valence-corrected chi connectivity index (χ4v) is 5.74. The summed E-state index contributed by atoms with van der Waals surface area (Å²) in [6.07, 6.45) is -4.22. The standard InChI is InChI=1S/C28H20F3N3O4/c29-28(30,31)16-6-8-17(9-7-16)33-13-24(35)34-21(27(33)36)12-19-18-3-1-2-4-20(18)32-25(19)26(34)15-5-10-22-23(11-15)38-14-37-22/h1-11,21,26,32H,12-14H2/t21-,26-/m1/s1. The van der Waals surface area contributed by atoms with E-state index in [4.69, 9.17) is 9.47 Å². The topological polar surface area (TPSA) is 74.9 Å². The largest absolute Gasteiger partial charge is 0.454 e. The molecular weight excluding hydrogens is 499 g/mol. The monoisotopic (exact) mass is 519 g/mol. The Balaban J connectivity index is 1.34. The number of ether oxygens (including phenoxy) is 2. The molecule has 1 N–H and O–H groups in total. The number of alkyl halides is 3. The van der Waals surface area contributed by atoms with Crippen LogP contribution in [-0.4, -0.2) is 41.1 Å². The molecule has 2 atom stereocenters. The highest BCUT2D eigenvalue weighted by Crippen LogP contribution is 2.45. The molecule has 3 aromatic carbocycles. The lowest BCUT2D eigenvalue weighted by Gasteiger charge is -2.47. The van der Waals surface area contributed by atoms with Crippen LogP contribution in [0.5, 0.6) is 11.5 Å². The molecule has 2 amide bonds. The van der Waals surface area contributed by atoms with Crippen LogP contribution >= 0.6 is 0 Å². The van der Waals surface area contributed by atoms with Gasteiger partial charge < -0.3 is 24.3 Å². The van der Waals surface area contributed by atoms with E-state index >= 15 is 0 Å². The van der Waals surface area contributed by atoms with Crippen LogP contribution in [0, 0.1) is 0 Å². The Morgan fingerprint density at radius 3 is 2.47 bits per heavy atom. The van der Waals surface area contributed by atoms with Gasteiger partial charge in [-0.1, -0.05) is 24.3 Å². The van der Waals surface area contributed by atoms with Gasteiger partial charge in [0, 0.05) is 28.7 Å². The van der Waals surface area contributed by atoms with Crippen molar-refractivity contribution in [3.8, 4) is 11.5 Å². The van der Waals surface area contributed by atoms with Gasteiger partial charge in [-0.05, 0) is 53.6 Å². The molecule has 0 unspecified atom stereocenters. The van der Waals surface area contributed by atoms with E-state index in [0.717, 1.165) is 39.9 Å². The number of hydrogen-bond acceptors (Lipinski definition) is 4. The summed E-state index contributed by atoms with van der Waals surface area (Å²) in [6.45, 7) is -0.176. The third-order valence-corrected chi connectivity index (χ3v) is 7.48. The van der Waals surface area contributed by atoms with E-state index in [1.807, 2.05) is 36.4 Å². The van der Waals surface area contributed by atoms with Gasteiger partial charge in [0.15, 0.2) is 11.5 Å². The maximum absolute atomic E-state index is 13.9. The van der Waals surface area contributed by atoms with Gasteiger partial charge >= 0.3 is 6.18 Å². The molecule has 7 nitrogen and oxygen atoms in total. The van der Waals surface area contributed by atoms with Gasteiger partial charge in [0.1, 0.15) is 12.6 Å². The smallest absolute Gasteiger partial charge is 0.416 e. The number of nitrogens with one attached hydrogen (secondary N) is 1. The number of carbonyl (C=O) groups excluding carboxylic acids is 2. The summed E-state index contributed by atoms with van der Waals surface area (Å²) in [6, 6.07) is 16.1. The van der Waals surface area contributed by atoms with Gasteiger partial charge in [0.05, 0.1) is 11.6 Å². The lowest BCUT2D eigenvalue weighted by atomic mass is 9.86. The van der Waals surface area contributed by atoms with Crippen molar-refractivity contribution in [2.24, 2.45) is 0 Å². The first-order valence-corrected chi connectivity index (χ1v) is 12.1. The molecule has 4 aromatic rings. The Hall–Kier alpha value is -4.47. The van der Waals surface area contributed by atoms with E-state index in [1.54, 1.807) is 11.0 Å². The van der Waals surface area contributed by atoms with Crippen LogP contribution in [0.2, 0.25) is 0 Å². The highest BCUT2D eigenvalue weighted by Gasteiger charge is 2.49. The Kier molecular flexibility index (Phi) is 4.79. The van der Waals surface area contributed by atoms with Gasteiger partial charge in [-0.15, -0.1) is 0 Å². The van der Waals surface area contributed by atoms with E-state index in [9.17, 15) is 22.8 Å². The summed E-state index contributed by atoms with van der Waals surface area (Å²) >= 11 is 0. The lowest BCUT2D eigenvalue weighted by Crippen LogP contribution is -2.63. The molecule has 0 radical (unpaired) electrons. The minimum atomic E-state index is -4.50. The lowest BCUT2D eigenvalue weighted by molar-refractivity contribution is -0.145. The van der Waals surface area contributed by atoms with E-state index in [2.05, 4.69) is 4.98 Å². The SMILES string of the molecule is O=C1[C@H]2Cc3c([nH]c4ccccc34)[C@@H](c3ccc4c(c3)OCO4)N2C(=O)CN1c1ccc(C(F)(F)F)cc1. The summed E-state index contributed by atoms with van der Waals surface area (Å²) in [5, 5.41) is 0.958. The van der Waals surface area contributed by atoms with Crippen molar-refractivity contribution < 1.29 is 32.2 Å². The van der Waals surface area contributed by atoms with E-state index in [-0.39, 0.29) is 37.3 Å². The molecule has 4 heterocycles. The zero-order chi connectivity index (χ0) is 26.2. The molecule has 10 heteroatoms. The minimum absolute atomic E-state index is 0.104. The number of fused-ring (bicyclic) bond motifs is 5. The molecule has 0 saturated carbocycles. The zero-order valence-corrected chi connectivity index (χ0v) is 19.8. The number of benzene rings is 3. The second-order valence-corrected chi connectivity index (χ2v) is 9.57. The predicted molar refractivity (Wildman–Crippen MR) is 131 cm³/mol. The van der Waals surface area contributed by atoms with Crippen LogP contribution < -0.4 is 14.4 Å². The van der Waals surface area contributed by atoms with Crippen molar-refractivity contribution in [3.63, 3.8) is 0 Å². The summed E-state index contributed by atoms with van der Waals surface area (Å²) in [5.41, 5.74) is 2.84. The van der Waals surface area contributed by atoms with Crippen LogP contribution in [0.15, 0.2) is 66.7 Å². The van der Waals surface area contributed by atoms with Crippen molar-refractivity contribution in [3.05, 3.63) is 89.1 Å². The number of piperazine rings is 1. The number of anilines is 1. The second-order valence-electron chi connectivity index (χ2n) is 9.57. The van der Waals surface area contributed by atoms with Crippen molar-refractivity contribution in [2.45, 2.75) is 24.7 Å². The molecule has 192 valence electrons. The molecule has 1 aromatic heterocycles. The fraction of sp³-hybridized carbons (Fsp3) is 0.214. The van der Waals surface area contributed by atoms with Crippen LogP contribution in [0.4, 0.5) is 18.9 Å². The number of carbonyl (C=O) groups is 2. The van der Waals surface area contributed by atoms with Gasteiger partial charge in [0.25, 0.3) is 5.91 Å². The van der Waals surface area contributed by atoms with E-state index < -0.39 is 23.8 Å². The highest BCUT2D eigenvalue weighted by atomic mass is 19.4. The van der Waals surface area contributed by atoms with Crippen LogP contribution in [-0.2, 0) is 22.2 Å². The van der Waals surface area contributed by atoms with Gasteiger partial charge in [-0.2, -0.15) is 13.2 Å². The Labute approximate surface area is 214 Å². The van der Waals surface area contributed by atoms with Gasteiger partial charge in [-0.3, -0.25) is 9.59 Å². The number of hydrogen-bond donors (Lipinski definition) is 1. The van der Waals surface area contributed by atoms with Crippen LogP contribution in [0.3, 0.4) is 0 Å². The van der Waals surface area contributed by atoms with Crippen molar-refractivity contribution >= 4 is 28.4 Å². The molecule has 7 rings (SSSR count). The molecule has 38 heavy (non-hydrogen) atoms. The molecule has 1 fully saturated rings. The summed E-state index contributed by atoms with van der Waals surface area (Å²) < 4.78 is 50.3. The van der Waals surface area contributed by atoms with Crippen molar-refractivity contribution in [1.82, 2.24) is 9.88 Å². The first kappa shape index (κ1) is 22.7. The molecular formula is C28H20F3N3O4. The Bertz CT molecular complexity index is 1610. The fourth-order valence-electron chi connectivity index (χ4n) is 5.74. The van der Waals surface area contributed by atoms with Crippen molar-refractivity contribution in [1.29, 1.82) is 0 Å².